The number of fused-ring (bicyclic) bond motifs is 1. The van der Waals surface area contributed by atoms with E-state index in [0.29, 0.717) is 5.82 Å². The highest BCUT2D eigenvalue weighted by atomic mass is 15.1. The van der Waals surface area contributed by atoms with Crippen LogP contribution in [0.2, 0.25) is 0 Å². The van der Waals surface area contributed by atoms with Gasteiger partial charge in [0.05, 0.1) is 17.4 Å². The van der Waals surface area contributed by atoms with Gasteiger partial charge in [-0.05, 0) is 57.6 Å². The zero-order chi connectivity index (χ0) is 19.2. The summed E-state index contributed by atoms with van der Waals surface area (Å²) in [6.07, 6.45) is 10.4. The molecule has 0 atom stereocenters. The first-order valence-electron chi connectivity index (χ1n) is 9.51. The number of benzene rings is 1. The molecule has 1 fully saturated rings. The predicted molar refractivity (Wildman–Crippen MR) is 110 cm³/mol. The first kappa shape index (κ1) is 19.2. The molecular formula is C21H28N6. The Kier molecular flexibility index (Phi) is 6.29. The summed E-state index contributed by atoms with van der Waals surface area (Å²) in [4.78, 5) is 10.5. The Labute approximate surface area is 160 Å². The largest absolute Gasteiger partial charge is 0.383 e. The average Bonchev–Trinajstić information content (AvgIpc) is 2.69. The molecule has 0 bridgehead atoms. The van der Waals surface area contributed by atoms with Gasteiger partial charge in [-0.25, -0.2) is 9.97 Å². The molecule has 2 heterocycles. The van der Waals surface area contributed by atoms with Crippen molar-refractivity contribution in [1.29, 1.82) is 0 Å². The SMILES string of the molecule is CN(C)C1CCCCC1.Cc1cc(-c2ccc3ncnc(N)c3c2)cnn1. The Morgan fingerprint density at radius 2 is 1.78 bits per heavy atom. The number of nitrogens with two attached hydrogens (primary N) is 1. The molecule has 2 N–H and O–H groups in total. The summed E-state index contributed by atoms with van der Waals surface area (Å²) in [5.74, 6) is 0.487. The number of nitrogen functional groups attached to an aromatic ring is 1. The molecule has 2 aromatic heterocycles. The fraction of sp³-hybridized carbons (Fsp3) is 0.429. The Balaban J connectivity index is 0.000000197. The number of anilines is 1. The van der Waals surface area contributed by atoms with Crippen molar-refractivity contribution in [1.82, 2.24) is 25.1 Å². The van der Waals surface area contributed by atoms with Crippen LogP contribution >= 0.6 is 0 Å². The minimum absolute atomic E-state index is 0.487. The second-order valence-corrected chi connectivity index (χ2v) is 7.33. The summed E-state index contributed by atoms with van der Waals surface area (Å²) in [5.41, 5.74) is 9.61. The molecule has 1 aliphatic carbocycles. The Hall–Kier alpha value is -2.60. The van der Waals surface area contributed by atoms with Crippen LogP contribution in [0.3, 0.4) is 0 Å². The maximum Gasteiger partial charge on any atom is 0.134 e. The predicted octanol–water partition coefficient (Wildman–Crippen LogP) is 3.86. The number of hydrogen-bond acceptors (Lipinski definition) is 6. The van der Waals surface area contributed by atoms with Gasteiger partial charge in [0.2, 0.25) is 0 Å². The molecule has 0 amide bonds. The number of nitrogens with zero attached hydrogens (tertiary/aromatic N) is 5. The summed E-state index contributed by atoms with van der Waals surface area (Å²) >= 11 is 0. The van der Waals surface area contributed by atoms with E-state index in [-0.39, 0.29) is 0 Å². The molecule has 6 nitrogen and oxygen atoms in total. The van der Waals surface area contributed by atoms with Crippen LogP contribution in [-0.2, 0) is 0 Å². The molecule has 6 heteroatoms. The highest BCUT2D eigenvalue weighted by molar-refractivity contribution is 5.91. The highest BCUT2D eigenvalue weighted by Gasteiger charge is 2.14. The fourth-order valence-corrected chi connectivity index (χ4v) is 3.48. The van der Waals surface area contributed by atoms with Gasteiger partial charge in [-0.15, -0.1) is 0 Å². The topological polar surface area (TPSA) is 80.8 Å². The second-order valence-electron chi connectivity index (χ2n) is 7.33. The molecule has 0 aliphatic heterocycles. The van der Waals surface area contributed by atoms with Crippen molar-refractivity contribution in [2.75, 3.05) is 19.8 Å². The first-order chi connectivity index (χ1) is 13.0. The minimum atomic E-state index is 0.487. The van der Waals surface area contributed by atoms with Crippen LogP contribution in [-0.4, -0.2) is 45.2 Å². The van der Waals surface area contributed by atoms with Gasteiger partial charge in [-0.3, -0.25) is 0 Å². The summed E-state index contributed by atoms with van der Waals surface area (Å²) < 4.78 is 0. The zero-order valence-electron chi connectivity index (χ0n) is 16.4. The lowest BCUT2D eigenvalue weighted by molar-refractivity contribution is 0.229. The monoisotopic (exact) mass is 364 g/mol. The number of aromatic nitrogens is 4. The van der Waals surface area contributed by atoms with Crippen molar-refractivity contribution in [3.8, 4) is 11.1 Å². The van der Waals surface area contributed by atoms with Gasteiger partial charge >= 0.3 is 0 Å². The fourth-order valence-electron chi connectivity index (χ4n) is 3.48. The Morgan fingerprint density at radius 3 is 2.44 bits per heavy atom. The van der Waals surface area contributed by atoms with E-state index in [1.807, 2.05) is 31.2 Å². The number of aryl methyl sites for hydroxylation is 1. The minimum Gasteiger partial charge on any atom is -0.383 e. The lowest BCUT2D eigenvalue weighted by atomic mass is 9.95. The maximum atomic E-state index is 5.85. The molecule has 0 saturated heterocycles. The molecule has 0 unspecified atom stereocenters. The lowest BCUT2D eigenvalue weighted by Crippen LogP contribution is -2.29. The van der Waals surface area contributed by atoms with Crippen molar-refractivity contribution in [2.24, 2.45) is 0 Å². The Bertz CT molecular complexity index is 887. The third-order valence-corrected chi connectivity index (χ3v) is 5.08. The molecule has 3 aromatic rings. The molecule has 4 rings (SSSR count). The quantitative estimate of drug-likeness (QED) is 0.744. The summed E-state index contributed by atoms with van der Waals surface area (Å²) in [7, 11) is 4.38. The van der Waals surface area contributed by atoms with E-state index in [2.05, 4.69) is 39.2 Å². The van der Waals surface area contributed by atoms with Gasteiger partial charge < -0.3 is 10.6 Å². The van der Waals surface area contributed by atoms with Gasteiger partial charge in [0.25, 0.3) is 0 Å². The van der Waals surface area contributed by atoms with E-state index in [9.17, 15) is 0 Å². The number of hydrogen-bond donors (Lipinski definition) is 1. The molecule has 1 aliphatic rings. The molecule has 142 valence electrons. The Morgan fingerprint density at radius 1 is 1.00 bits per heavy atom. The molecule has 0 spiro atoms. The van der Waals surface area contributed by atoms with Crippen molar-refractivity contribution >= 4 is 16.7 Å². The van der Waals surface area contributed by atoms with Gasteiger partial charge in [0.15, 0.2) is 0 Å². The third-order valence-electron chi connectivity index (χ3n) is 5.08. The van der Waals surface area contributed by atoms with Gasteiger partial charge in [0.1, 0.15) is 12.1 Å². The van der Waals surface area contributed by atoms with E-state index in [0.717, 1.165) is 33.8 Å². The van der Waals surface area contributed by atoms with Gasteiger partial charge in [-0.1, -0.05) is 25.3 Å². The molecule has 1 aromatic carbocycles. The van der Waals surface area contributed by atoms with E-state index >= 15 is 0 Å². The van der Waals surface area contributed by atoms with E-state index in [1.54, 1.807) is 6.20 Å². The molecular weight excluding hydrogens is 336 g/mol. The van der Waals surface area contributed by atoms with E-state index < -0.39 is 0 Å². The van der Waals surface area contributed by atoms with Crippen molar-refractivity contribution in [2.45, 2.75) is 45.1 Å². The highest BCUT2D eigenvalue weighted by Crippen LogP contribution is 2.25. The first-order valence-corrected chi connectivity index (χ1v) is 9.51. The van der Waals surface area contributed by atoms with Crippen LogP contribution < -0.4 is 5.73 Å². The zero-order valence-corrected chi connectivity index (χ0v) is 16.4. The molecule has 1 saturated carbocycles. The smallest absolute Gasteiger partial charge is 0.134 e. The standard InChI is InChI=1S/C13H11N5.C8H17N/c1-8-4-10(6-17-18-8)9-2-3-12-11(5-9)13(14)16-7-15-12;1-9(2)8-6-4-3-5-7-8/h2-7H,1H3,(H2,14,15,16);8H,3-7H2,1-2H3. The summed E-state index contributed by atoms with van der Waals surface area (Å²) in [6, 6.07) is 8.76. The molecule has 27 heavy (non-hydrogen) atoms. The summed E-state index contributed by atoms with van der Waals surface area (Å²) in [5, 5.41) is 8.75. The van der Waals surface area contributed by atoms with Crippen LogP contribution in [0.1, 0.15) is 37.8 Å². The maximum absolute atomic E-state index is 5.85. The van der Waals surface area contributed by atoms with E-state index in [1.165, 1.54) is 38.4 Å². The van der Waals surface area contributed by atoms with Crippen LogP contribution in [0.4, 0.5) is 5.82 Å². The lowest BCUT2D eigenvalue weighted by Gasteiger charge is -2.27. The van der Waals surface area contributed by atoms with Crippen LogP contribution in [0, 0.1) is 6.92 Å². The van der Waals surface area contributed by atoms with E-state index in [4.69, 9.17) is 5.73 Å². The van der Waals surface area contributed by atoms with Gasteiger partial charge in [-0.2, -0.15) is 10.2 Å². The average molecular weight is 364 g/mol. The van der Waals surface area contributed by atoms with Gasteiger partial charge in [0, 0.05) is 17.0 Å². The van der Waals surface area contributed by atoms with Crippen LogP contribution in [0.15, 0.2) is 36.8 Å². The number of rotatable bonds is 2. The van der Waals surface area contributed by atoms with Crippen molar-refractivity contribution in [3.63, 3.8) is 0 Å². The van der Waals surface area contributed by atoms with Crippen molar-refractivity contribution in [3.05, 3.63) is 42.5 Å². The third kappa shape index (κ3) is 4.98. The molecule has 0 radical (unpaired) electrons. The second kappa shape index (κ2) is 8.86. The van der Waals surface area contributed by atoms with Crippen molar-refractivity contribution < 1.29 is 0 Å². The van der Waals surface area contributed by atoms with Crippen LogP contribution in [0.5, 0.6) is 0 Å². The summed E-state index contributed by atoms with van der Waals surface area (Å²) in [6.45, 7) is 1.91. The van der Waals surface area contributed by atoms with Crippen LogP contribution in [0.25, 0.3) is 22.0 Å². The normalized spacial score (nSPS) is 14.8.